The van der Waals surface area contributed by atoms with Crippen LogP contribution < -0.4 is 10.4 Å². The molecule has 6 heteroatoms. The molecule has 2 aromatic carbocycles. The van der Waals surface area contributed by atoms with Gasteiger partial charge in [-0.3, -0.25) is 0 Å². The molecule has 4 rings (SSSR count). The largest absolute Gasteiger partial charge is 0.493 e. The Morgan fingerprint density at radius 1 is 1.12 bits per heavy atom. The van der Waals surface area contributed by atoms with Crippen LogP contribution in [0.4, 0.5) is 0 Å². The zero-order valence-electron chi connectivity index (χ0n) is 13.3. The predicted molar refractivity (Wildman–Crippen MR) is 99.3 cm³/mol. The van der Waals surface area contributed by atoms with Gasteiger partial charge in [0.1, 0.15) is 0 Å². The molecule has 0 saturated carbocycles. The Morgan fingerprint density at radius 2 is 1.92 bits per heavy atom. The summed E-state index contributed by atoms with van der Waals surface area (Å²) in [6.07, 6.45) is 1.66. The standard InChI is InChI=1S/C19H13BrN2O3/c1-24-17-11-13(20)9-12-10-15(19(23)25-18(12)17)16-7-8-21-22(16)14-5-3-2-4-6-14/h2-11H,1H3. The normalized spacial score (nSPS) is 11.0. The van der Waals surface area contributed by atoms with E-state index >= 15 is 0 Å². The SMILES string of the molecule is COc1cc(Br)cc2cc(-c3ccnn3-c3ccccc3)c(=O)oc12. The molecule has 2 heterocycles. The van der Waals surface area contributed by atoms with Crippen molar-refractivity contribution in [3.05, 3.63) is 75.7 Å². The molecule has 0 bridgehead atoms. The lowest BCUT2D eigenvalue weighted by molar-refractivity contribution is 0.406. The highest BCUT2D eigenvalue weighted by Gasteiger charge is 2.16. The van der Waals surface area contributed by atoms with Crippen LogP contribution in [0.5, 0.6) is 5.75 Å². The van der Waals surface area contributed by atoms with Crippen LogP contribution in [-0.2, 0) is 0 Å². The first-order valence-corrected chi connectivity index (χ1v) is 8.38. The summed E-state index contributed by atoms with van der Waals surface area (Å²) < 4.78 is 13.4. The fourth-order valence-electron chi connectivity index (χ4n) is 2.78. The number of nitrogens with zero attached hydrogens (tertiary/aromatic N) is 2. The Balaban J connectivity index is 1.96. The van der Waals surface area contributed by atoms with Crippen molar-refractivity contribution in [2.45, 2.75) is 0 Å². The second-order valence-electron chi connectivity index (χ2n) is 5.44. The van der Waals surface area contributed by atoms with Crippen molar-refractivity contribution in [1.82, 2.24) is 9.78 Å². The summed E-state index contributed by atoms with van der Waals surface area (Å²) in [5.74, 6) is 0.504. The van der Waals surface area contributed by atoms with Gasteiger partial charge in [0.05, 0.1) is 30.3 Å². The lowest BCUT2D eigenvalue weighted by Gasteiger charge is -2.09. The Hall–Kier alpha value is -2.86. The van der Waals surface area contributed by atoms with Gasteiger partial charge in [0.25, 0.3) is 0 Å². The highest BCUT2D eigenvalue weighted by atomic mass is 79.9. The van der Waals surface area contributed by atoms with Crippen molar-refractivity contribution in [3.8, 4) is 22.7 Å². The van der Waals surface area contributed by atoms with Crippen molar-refractivity contribution in [1.29, 1.82) is 0 Å². The van der Waals surface area contributed by atoms with Gasteiger partial charge in [0, 0.05) is 9.86 Å². The minimum absolute atomic E-state index is 0.422. The summed E-state index contributed by atoms with van der Waals surface area (Å²) >= 11 is 3.45. The lowest BCUT2D eigenvalue weighted by Crippen LogP contribution is -2.07. The molecule has 0 amide bonds. The van der Waals surface area contributed by atoms with Crippen LogP contribution in [0.1, 0.15) is 0 Å². The number of hydrogen-bond acceptors (Lipinski definition) is 4. The van der Waals surface area contributed by atoms with Crippen LogP contribution >= 0.6 is 15.9 Å². The molecule has 0 saturated heterocycles. The van der Waals surface area contributed by atoms with Gasteiger partial charge in [0.15, 0.2) is 11.3 Å². The van der Waals surface area contributed by atoms with E-state index < -0.39 is 5.63 Å². The first-order chi connectivity index (χ1) is 12.2. The molecule has 0 radical (unpaired) electrons. The average Bonchev–Trinajstić information content (AvgIpc) is 3.11. The van der Waals surface area contributed by atoms with E-state index in [9.17, 15) is 4.79 Å². The summed E-state index contributed by atoms with van der Waals surface area (Å²) in [5, 5.41) is 5.10. The van der Waals surface area contributed by atoms with E-state index in [2.05, 4.69) is 21.0 Å². The number of aromatic nitrogens is 2. The molecule has 4 aromatic rings. The summed E-state index contributed by atoms with van der Waals surface area (Å²) in [5.41, 5.74) is 1.96. The molecule has 0 aliphatic rings. The van der Waals surface area contributed by atoms with Crippen molar-refractivity contribution in [3.63, 3.8) is 0 Å². The average molecular weight is 397 g/mol. The maximum atomic E-state index is 12.6. The van der Waals surface area contributed by atoms with Crippen LogP contribution in [0.2, 0.25) is 0 Å². The third-order valence-electron chi connectivity index (χ3n) is 3.90. The topological polar surface area (TPSA) is 57.3 Å². The maximum absolute atomic E-state index is 12.6. The molecule has 0 spiro atoms. The molecule has 5 nitrogen and oxygen atoms in total. The molecule has 0 atom stereocenters. The summed E-state index contributed by atoms with van der Waals surface area (Å²) in [6.45, 7) is 0. The number of methoxy groups -OCH3 is 1. The van der Waals surface area contributed by atoms with Crippen LogP contribution in [0, 0.1) is 0 Å². The highest BCUT2D eigenvalue weighted by Crippen LogP contribution is 2.31. The fraction of sp³-hybridized carbons (Fsp3) is 0.0526. The van der Waals surface area contributed by atoms with Crippen molar-refractivity contribution >= 4 is 26.9 Å². The minimum atomic E-state index is -0.439. The number of ether oxygens (including phenoxy) is 1. The molecule has 0 fully saturated rings. The molecule has 25 heavy (non-hydrogen) atoms. The van der Waals surface area contributed by atoms with E-state index in [4.69, 9.17) is 9.15 Å². The van der Waals surface area contributed by atoms with E-state index in [-0.39, 0.29) is 0 Å². The van der Waals surface area contributed by atoms with E-state index in [0.29, 0.717) is 22.6 Å². The number of para-hydroxylation sites is 1. The van der Waals surface area contributed by atoms with Crippen molar-refractivity contribution in [2.24, 2.45) is 0 Å². The Kier molecular flexibility index (Phi) is 3.89. The molecular weight excluding hydrogens is 384 g/mol. The Morgan fingerprint density at radius 3 is 2.68 bits per heavy atom. The van der Waals surface area contributed by atoms with Gasteiger partial charge in [-0.15, -0.1) is 0 Å². The third-order valence-corrected chi connectivity index (χ3v) is 4.36. The minimum Gasteiger partial charge on any atom is -0.493 e. The van der Waals surface area contributed by atoms with Gasteiger partial charge in [0.2, 0.25) is 0 Å². The zero-order valence-corrected chi connectivity index (χ0v) is 14.9. The Bertz CT molecular complexity index is 1120. The van der Waals surface area contributed by atoms with Gasteiger partial charge < -0.3 is 9.15 Å². The zero-order chi connectivity index (χ0) is 17.4. The quantitative estimate of drug-likeness (QED) is 0.481. The van der Waals surface area contributed by atoms with E-state index in [1.807, 2.05) is 36.4 Å². The molecule has 0 unspecified atom stereocenters. The van der Waals surface area contributed by atoms with Crippen molar-refractivity contribution in [2.75, 3.05) is 7.11 Å². The fourth-order valence-corrected chi connectivity index (χ4v) is 3.23. The number of rotatable bonds is 3. The maximum Gasteiger partial charge on any atom is 0.345 e. The smallest absolute Gasteiger partial charge is 0.345 e. The first kappa shape index (κ1) is 15.7. The third kappa shape index (κ3) is 2.74. The van der Waals surface area contributed by atoms with E-state index in [1.54, 1.807) is 36.2 Å². The number of halogens is 1. The van der Waals surface area contributed by atoms with Crippen LogP contribution in [0.25, 0.3) is 27.9 Å². The number of fused-ring (bicyclic) bond motifs is 1. The molecule has 0 aliphatic heterocycles. The molecule has 124 valence electrons. The Labute approximate surface area is 151 Å². The van der Waals surface area contributed by atoms with Crippen molar-refractivity contribution < 1.29 is 9.15 Å². The van der Waals surface area contributed by atoms with Gasteiger partial charge in [-0.05, 0) is 36.4 Å². The van der Waals surface area contributed by atoms with E-state index in [0.717, 1.165) is 15.5 Å². The summed E-state index contributed by atoms with van der Waals surface area (Å²) in [6, 6.07) is 16.9. The lowest BCUT2D eigenvalue weighted by atomic mass is 10.1. The number of hydrogen-bond donors (Lipinski definition) is 0. The van der Waals surface area contributed by atoms with Crippen LogP contribution in [0.3, 0.4) is 0 Å². The second-order valence-corrected chi connectivity index (χ2v) is 6.35. The van der Waals surface area contributed by atoms with Gasteiger partial charge in [-0.2, -0.15) is 5.10 Å². The van der Waals surface area contributed by atoms with Gasteiger partial charge >= 0.3 is 5.63 Å². The van der Waals surface area contributed by atoms with Crippen LogP contribution in [0.15, 0.2) is 74.5 Å². The highest BCUT2D eigenvalue weighted by molar-refractivity contribution is 9.10. The van der Waals surface area contributed by atoms with Gasteiger partial charge in [-0.25, -0.2) is 9.48 Å². The molecular formula is C19H13BrN2O3. The van der Waals surface area contributed by atoms with E-state index in [1.165, 1.54) is 0 Å². The summed E-state index contributed by atoms with van der Waals surface area (Å²) in [7, 11) is 1.54. The molecule has 2 aromatic heterocycles. The van der Waals surface area contributed by atoms with Crippen LogP contribution in [-0.4, -0.2) is 16.9 Å². The van der Waals surface area contributed by atoms with Gasteiger partial charge in [-0.1, -0.05) is 34.1 Å². The first-order valence-electron chi connectivity index (χ1n) is 7.58. The number of benzene rings is 2. The molecule has 0 aliphatic carbocycles. The second kappa shape index (κ2) is 6.22. The monoisotopic (exact) mass is 396 g/mol. The molecule has 0 N–H and O–H groups in total. The summed E-state index contributed by atoms with van der Waals surface area (Å²) in [4.78, 5) is 12.6. The predicted octanol–water partition coefficient (Wildman–Crippen LogP) is 4.42.